The molecule has 0 fully saturated rings. The summed E-state index contributed by atoms with van der Waals surface area (Å²) in [5.41, 5.74) is 0.871. The molecular formula is C23H20Cl2N6O5S. The molecule has 0 radical (unpaired) electrons. The Morgan fingerprint density at radius 3 is 2.54 bits per heavy atom. The molecular weight excluding hydrogens is 543 g/mol. The fourth-order valence-corrected chi connectivity index (χ4v) is 5.07. The number of nitrogens with zero attached hydrogens (tertiary/aromatic N) is 4. The van der Waals surface area contributed by atoms with E-state index in [0.717, 1.165) is 5.01 Å². The van der Waals surface area contributed by atoms with E-state index in [-0.39, 0.29) is 34.3 Å². The third-order valence-corrected chi connectivity index (χ3v) is 7.06. The van der Waals surface area contributed by atoms with E-state index in [1.54, 1.807) is 19.1 Å². The Morgan fingerprint density at radius 1 is 1.14 bits per heavy atom. The molecule has 2 N–H and O–H groups in total. The molecule has 2 aromatic heterocycles. The van der Waals surface area contributed by atoms with Crippen molar-refractivity contribution in [1.29, 1.82) is 0 Å². The average molecular weight is 563 g/mol. The number of hydrogen-bond acceptors (Lipinski definition) is 9. The van der Waals surface area contributed by atoms with Crippen molar-refractivity contribution >= 4 is 61.7 Å². The highest BCUT2D eigenvalue weighted by Gasteiger charge is 2.41. The lowest BCUT2D eigenvalue weighted by Crippen LogP contribution is -2.40. The molecule has 192 valence electrons. The maximum atomic E-state index is 13.5. The quantitative estimate of drug-likeness (QED) is 0.435. The largest absolute Gasteiger partial charge is 0.378 e. The Bertz CT molecular complexity index is 1500. The van der Waals surface area contributed by atoms with Gasteiger partial charge in [0.25, 0.3) is 5.91 Å². The van der Waals surface area contributed by atoms with Crippen LogP contribution in [0.15, 0.2) is 60.1 Å². The summed E-state index contributed by atoms with van der Waals surface area (Å²) in [5, 5.41) is 10.5. The van der Waals surface area contributed by atoms with Crippen LogP contribution in [0.2, 0.25) is 10.0 Å². The van der Waals surface area contributed by atoms with Gasteiger partial charge in [-0.3, -0.25) is 14.6 Å². The van der Waals surface area contributed by atoms with Gasteiger partial charge in [0.05, 0.1) is 16.3 Å². The number of nitrogens with one attached hydrogen (secondary N) is 2. The standard InChI is InChI=1S/C23H20Cl2N6O5S/c1-13-10-14(24)11-16(22(32)26-2)20(13)29-23(33)18-12-19(30-31(18)21-17(25)4-3-7-28-21)37(34,35)36-15-5-8-27-9-6-15/h3-11,18H,12H2,1-2H3,(H,26,32)(H,29,33). The van der Waals surface area contributed by atoms with Crippen molar-refractivity contribution in [3.63, 3.8) is 0 Å². The zero-order valence-corrected chi connectivity index (χ0v) is 21.8. The monoisotopic (exact) mass is 562 g/mol. The first kappa shape index (κ1) is 26.3. The first-order valence-corrected chi connectivity index (χ1v) is 12.9. The molecule has 0 bridgehead atoms. The number of aromatic nitrogens is 2. The van der Waals surface area contributed by atoms with Gasteiger partial charge in [0.1, 0.15) is 11.8 Å². The van der Waals surface area contributed by atoms with Crippen molar-refractivity contribution in [3.8, 4) is 5.75 Å². The summed E-state index contributed by atoms with van der Waals surface area (Å²) in [5.74, 6) is -1.03. The van der Waals surface area contributed by atoms with Gasteiger partial charge >= 0.3 is 10.1 Å². The number of aryl methyl sites for hydroxylation is 1. The summed E-state index contributed by atoms with van der Waals surface area (Å²) >= 11 is 12.4. The normalized spacial score (nSPS) is 15.2. The molecule has 2 amide bonds. The summed E-state index contributed by atoms with van der Waals surface area (Å²) < 4.78 is 31.2. The Balaban J connectivity index is 1.70. The van der Waals surface area contributed by atoms with Crippen molar-refractivity contribution in [3.05, 3.63) is 76.2 Å². The summed E-state index contributed by atoms with van der Waals surface area (Å²) in [6.07, 6.45) is 3.82. The predicted molar refractivity (Wildman–Crippen MR) is 140 cm³/mol. The van der Waals surface area contributed by atoms with Gasteiger partial charge < -0.3 is 14.8 Å². The third kappa shape index (κ3) is 5.66. The van der Waals surface area contributed by atoms with Crippen LogP contribution in [0.4, 0.5) is 11.5 Å². The molecule has 11 nitrogen and oxygen atoms in total. The first-order chi connectivity index (χ1) is 17.6. The smallest absolute Gasteiger partial charge is 0.354 e. The predicted octanol–water partition coefficient (Wildman–Crippen LogP) is 3.39. The number of benzene rings is 1. The van der Waals surface area contributed by atoms with Gasteiger partial charge in [0, 0.05) is 49.2 Å². The number of pyridine rings is 2. The van der Waals surface area contributed by atoms with Crippen LogP contribution in [-0.4, -0.2) is 48.3 Å². The van der Waals surface area contributed by atoms with Gasteiger partial charge in [0.15, 0.2) is 10.9 Å². The lowest BCUT2D eigenvalue weighted by atomic mass is 10.1. The zero-order chi connectivity index (χ0) is 26.7. The Hall–Kier alpha value is -3.74. The van der Waals surface area contributed by atoms with E-state index >= 15 is 0 Å². The molecule has 1 aliphatic rings. The van der Waals surface area contributed by atoms with Crippen LogP contribution < -0.4 is 19.8 Å². The number of hydrazone groups is 1. The number of carbonyl (C=O) groups is 2. The molecule has 0 saturated carbocycles. The van der Waals surface area contributed by atoms with Gasteiger partial charge in [-0.25, -0.2) is 9.99 Å². The highest BCUT2D eigenvalue weighted by Crippen LogP contribution is 2.32. The molecule has 3 heterocycles. The summed E-state index contributed by atoms with van der Waals surface area (Å²) in [7, 11) is -2.95. The van der Waals surface area contributed by atoms with Gasteiger partial charge in [-0.1, -0.05) is 23.2 Å². The first-order valence-electron chi connectivity index (χ1n) is 10.8. The van der Waals surface area contributed by atoms with E-state index in [0.29, 0.717) is 10.6 Å². The van der Waals surface area contributed by atoms with Gasteiger partial charge in [0.2, 0.25) is 5.91 Å². The number of carbonyl (C=O) groups excluding carboxylic acids is 2. The molecule has 0 spiro atoms. The van der Waals surface area contributed by atoms with Crippen LogP contribution in [-0.2, 0) is 14.9 Å². The summed E-state index contributed by atoms with van der Waals surface area (Å²) in [6, 6.07) is 7.66. The molecule has 0 saturated heterocycles. The van der Waals surface area contributed by atoms with E-state index in [1.165, 1.54) is 49.9 Å². The van der Waals surface area contributed by atoms with Crippen LogP contribution in [0.5, 0.6) is 5.75 Å². The number of halogens is 2. The fourth-order valence-electron chi connectivity index (χ4n) is 3.58. The maximum absolute atomic E-state index is 13.5. The van der Waals surface area contributed by atoms with Crippen LogP contribution in [0.3, 0.4) is 0 Å². The van der Waals surface area contributed by atoms with E-state index in [1.807, 2.05) is 0 Å². The fraction of sp³-hybridized carbons (Fsp3) is 0.174. The zero-order valence-electron chi connectivity index (χ0n) is 19.5. The summed E-state index contributed by atoms with van der Waals surface area (Å²) in [6.45, 7) is 1.67. The molecule has 14 heteroatoms. The SMILES string of the molecule is CNC(=O)c1cc(Cl)cc(C)c1NC(=O)C1CC(S(=O)(=O)Oc2ccncc2)=NN1c1ncccc1Cl. The number of hydrogen-bond donors (Lipinski definition) is 2. The average Bonchev–Trinajstić information content (AvgIpc) is 3.32. The second kappa shape index (κ2) is 10.7. The molecule has 0 aliphatic carbocycles. The van der Waals surface area contributed by atoms with Crippen molar-refractivity contribution in [2.24, 2.45) is 5.10 Å². The van der Waals surface area contributed by atoms with Crippen molar-refractivity contribution in [2.75, 3.05) is 17.4 Å². The molecule has 37 heavy (non-hydrogen) atoms. The second-order valence-corrected chi connectivity index (χ2v) is 10.2. The number of anilines is 2. The van der Waals surface area contributed by atoms with Crippen LogP contribution >= 0.6 is 23.2 Å². The van der Waals surface area contributed by atoms with Crippen molar-refractivity contribution < 1.29 is 22.2 Å². The molecule has 1 aliphatic heterocycles. The number of rotatable bonds is 6. The minimum absolute atomic E-state index is 0.0278. The Kier molecular flexibility index (Phi) is 7.62. The van der Waals surface area contributed by atoms with Crippen molar-refractivity contribution in [1.82, 2.24) is 15.3 Å². The molecule has 3 aromatic rings. The van der Waals surface area contributed by atoms with E-state index in [4.69, 9.17) is 27.4 Å². The summed E-state index contributed by atoms with van der Waals surface area (Å²) in [4.78, 5) is 34.0. The minimum Gasteiger partial charge on any atom is -0.378 e. The van der Waals surface area contributed by atoms with Crippen LogP contribution in [0, 0.1) is 6.92 Å². The van der Waals surface area contributed by atoms with Gasteiger partial charge in [-0.15, -0.1) is 0 Å². The molecule has 1 unspecified atom stereocenters. The lowest BCUT2D eigenvalue weighted by molar-refractivity contribution is -0.117. The Labute approximate surface area is 222 Å². The topological polar surface area (TPSA) is 143 Å². The minimum atomic E-state index is -4.40. The van der Waals surface area contributed by atoms with Crippen molar-refractivity contribution in [2.45, 2.75) is 19.4 Å². The van der Waals surface area contributed by atoms with Crippen LogP contribution in [0.25, 0.3) is 0 Å². The van der Waals surface area contributed by atoms with E-state index in [9.17, 15) is 18.0 Å². The maximum Gasteiger partial charge on any atom is 0.354 e. The second-order valence-electron chi connectivity index (χ2n) is 7.80. The highest BCUT2D eigenvalue weighted by molar-refractivity contribution is 8.02. The molecule has 4 rings (SSSR count). The lowest BCUT2D eigenvalue weighted by Gasteiger charge is -2.23. The molecule has 1 aromatic carbocycles. The highest BCUT2D eigenvalue weighted by atomic mass is 35.5. The van der Waals surface area contributed by atoms with Crippen LogP contribution in [0.1, 0.15) is 22.3 Å². The van der Waals surface area contributed by atoms with Gasteiger partial charge in [-0.2, -0.15) is 13.5 Å². The Morgan fingerprint density at radius 2 is 1.86 bits per heavy atom. The van der Waals surface area contributed by atoms with E-state index in [2.05, 4.69) is 25.7 Å². The van der Waals surface area contributed by atoms with E-state index < -0.39 is 33.0 Å². The molecule has 1 atom stereocenters. The number of amides is 2. The van der Waals surface area contributed by atoms with Gasteiger partial charge in [-0.05, 0) is 36.8 Å². The third-order valence-electron chi connectivity index (χ3n) is 5.31.